The highest BCUT2D eigenvalue weighted by molar-refractivity contribution is 5.81. The predicted octanol–water partition coefficient (Wildman–Crippen LogP) is 1.17. The minimum absolute atomic E-state index is 0.00134. The van der Waals surface area contributed by atoms with Gasteiger partial charge in [0.15, 0.2) is 0 Å². The van der Waals surface area contributed by atoms with Crippen molar-refractivity contribution in [3.8, 4) is 6.07 Å². The fraction of sp³-hybridized carbons (Fsp3) is 0.818. The second-order valence-electron chi connectivity index (χ2n) is 4.26. The zero-order valence-corrected chi connectivity index (χ0v) is 9.56. The van der Waals surface area contributed by atoms with Crippen LogP contribution in [0, 0.1) is 17.2 Å². The fourth-order valence-electron chi connectivity index (χ4n) is 1.77. The van der Waals surface area contributed by atoms with Crippen LogP contribution in [-0.4, -0.2) is 36.6 Å². The molecule has 3 unspecified atom stereocenters. The van der Waals surface area contributed by atoms with Crippen molar-refractivity contribution in [1.29, 1.82) is 5.26 Å². The lowest BCUT2D eigenvalue weighted by atomic mass is 10.1. The molecule has 0 aliphatic carbocycles. The van der Waals surface area contributed by atoms with Gasteiger partial charge in [-0.05, 0) is 26.7 Å². The summed E-state index contributed by atoms with van der Waals surface area (Å²) in [6, 6.07) is 2.12. The average Bonchev–Trinajstić information content (AvgIpc) is 2.63. The van der Waals surface area contributed by atoms with Gasteiger partial charge in [-0.15, -0.1) is 0 Å². The van der Waals surface area contributed by atoms with E-state index in [0.29, 0.717) is 6.54 Å². The fourth-order valence-corrected chi connectivity index (χ4v) is 1.77. The summed E-state index contributed by atoms with van der Waals surface area (Å²) in [6.07, 6.45) is 1.63. The molecule has 0 N–H and O–H groups in total. The van der Waals surface area contributed by atoms with Crippen molar-refractivity contribution in [2.24, 2.45) is 5.92 Å². The molecular formula is C11H18N2O2. The molecule has 0 aromatic rings. The Morgan fingerprint density at radius 3 is 2.80 bits per heavy atom. The van der Waals surface area contributed by atoms with Gasteiger partial charge in [0, 0.05) is 13.6 Å². The number of carbonyl (C=O) groups is 1. The first-order valence-corrected chi connectivity index (χ1v) is 5.34. The van der Waals surface area contributed by atoms with E-state index in [2.05, 4.69) is 6.07 Å². The van der Waals surface area contributed by atoms with E-state index in [0.717, 1.165) is 12.8 Å². The number of likely N-dealkylation sites (N-methyl/N-ethyl adjacent to an activating group) is 1. The Morgan fingerprint density at radius 1 is 1.67 bits per heavy atom. The topological polar surface area (TPSA) is 53.3 Å². The number of amides is 1. The first-order valence-electron chi connectivity index (χ1n) is 5.34. The highest BCUT2D eigenvalue weighted by Crippen LogP contribution is 2.20. The van der Waals surface area contributed by atoms with Crippen LogP contribution in [0.25, 0.3) is 0 Å². The van der Waals surface area contributed by atoms with Crippen LogP contribution in [0.3, 0.4) is 0 Å². The van der Waals surface area contributed by atoms with Crippen LogP contribution >= 0.6 is 0 Å². The molecule has 84 valence electrons. The first kappa shape index (κ1) is 12.0. The Bertz CT molecular complexity index is 272. The summed E-state index contributed by atoms with van der Waals surface area (Å²) >= 11 is 0. The molecule has 15 heavy (non-hydrogen) atoms. The van der Waals surface area contributed by atoms with Gasteiger partial charge in [-0.1, -0.05) is 0 Å². The Hall–Kier alpha value is -1.08. The van der Waals surface area contributed by atoms with Crippen molar-refractivity contribution < 1.29 is 9.53 Å². The van der Waals surface area contributed by atoms with Crippen LogP contribution in [0.15, 0.2) is 0 Å². The molecule has 1 aliphatic heterocycles. The first-order chi connectivity index (χ1) is 7.04. The number of ether oxygens (including phenoxy) is 1. The van der Waals surface area contributed by atoms with Gasteiger partial charge in [0.25, 0.3) is 5.91 Å². The van der Waals surface area contributed by atoms with Gasteiger partial charge in [-0.2, -0.15) is 5.26 Å². The Labute approximate surface area is 90.8 Å². The molecule has 0 aromatic heterocycles. The maximum absolute atomic E-state index is 11.8. The van der Waals surface area contributed by atoms with Crippen LogP contribution in [0.2, 0.25) is 0 Å². The predicted molar refractivity (Wildman–Crippen MR) is 56.0 cm³/mol. The zero-order chi connectivity index (χ0) is 11.4. The highest BCUT2D eigenvalue weighted by Gasteiger charge is 2.30. The summed E-state index contributed by atoms with van der Waals surface area (Å²) in [7, 11) is 1.72. The van der Waals surface area contributed by atoms with Crippen molar-refractivity contribution in [1.82, 2.24) is 4.90 Å². The number of nitriles is 1. The lowest BCUT2D eigenvalue weighted by Gasteiger charge is -2.21. The second-order valence-corrected chi connectivity index (χ2v) is 4.26. The summed E-state index contributed by atoms with van der Waals surface area (Å²) in [5.74, 6) is -0.126. The van der Waals surface area contributed by atoms with Crippen molar-refractivity contribution >= 4 is 5.91 Å². The van der Waals surface area contributed by atoms with Gasteiger partial charge in [0.2, 0.25) is 0 Å². The quantitative estimate of drug-likeness (QED) is 0.702. The van der Waals surface area contributed by atoms with E-state index in [1.807, 2.05) is 13.8 Å². The molecule has 1 saturated heterocycles. The molecule has 0 saturated carbocycles. The van der Waals surface area contributed by atoms with E-state index >= 15 is 0 Å². The molecule has 0 radical (unpaired) electrons. The maximum atomic E-state index is 11.8. The molecule has 0 aromatic carbocycles. The van der Waals surface area contributed by atoms with Gasteiger partial charge in [0.1, 0.15) is 6.10 Å². The molecule has 4 nitrogen and oxygen atoms in total. The summed E-state index contributed by atoms with van der Waals surface area (Å²) in [5.41, 5.74) is 0. The molecule has 1 fully saturated rings. The minimum Gasteiger partial charge on any atom is -0.365 e. The summed E-state index contributed by atoms with van der Waals surface area (Å²) < 4.78 is 5.49. The van der Waals surface area contributed by atoms with E-state index in [1.165, 1.54) is 0 Å². The molecule has 1 amide bonds. The van der Waals surface area contributed by atoms with Crippen molar-refractivity contribution in [2.75, 3.05) is 13.6 Å². The number of hydrogen-bond acceptors (Lipinski definition) is 3. The lowest BCUT2D eigenvalue weighted by Crippen LogP contribution is -2.38. The summed E-state index contributed by atoms with van der Waals surface area (Å²) in [5, 5.41) is 8.65. The number of rotatable bonds is 3. The second kappa shape index (κ2) is 5.13. The van der Waals surface area contributed by atoms with Crippen molar-refractivity contribution in [2.45, 2.75) is 38.9 Å². The standard InChI is InChI=1S/C11H18N2O2/c1-8(6-12)7-13(3)11(14)10-5-4-9(2)15-10/h8-10H,4-5,7H2,1-3H3. The van der Waals surface area contributed by atoms with E-state index in [1.54, 1.807) is 11.9 Å². The molecule has 4 heteroatoms. The normalized spacial score (nSPS) is 27.1. The van der Waals surface area contributed by atoms with E-state index in [4.69, 9.17) is 10.00 Å². The number of hydrogen-bond donors (Lipinski definition) is 0. The van der Waals surface area contributed by atoms with Crippen LogP contribution < -0.4 is 0 Å². The van der Waals surface area contributed by atoms with E-state index in [-0.39, 0.29) is 24.0 Å². The molecule has 3 atom stereocenters. The molecule has 1 heterocycles. The Kier molecular flexibility index (Phi) is 4.10. The van der Waals surface area contributed by atoms with Gasteiger partial charge < -0.3 is 9.64 Å². The SMILES string of the molecule is CC(C#N)CN(C)C(=O)C1CCC(C)O1. The Morgan fingerprint density at radius 2 is 2.33 bits per heavy atom. The van der Waals surface area contributed by atoms with Crippen LogP contribution in [-0.2, 0) is 9.53 Å². The van der Waals surface area contributed by atoms with Crippen LogP contribution in [0.4, 0.5) is 0 Å². The molecule has 0 spiro atoms. The average molecular weight is 210 g/mol. The highest BCUT2D eigenvalue weighted by atomic mass is 16.5. The molecule has 1 aliphatic rings. The number of nitrogens with zero attached hydrogens (tertiary/aromatic N) is 2. The third-order valence-electron chi connectivity index (χ3n) is 2.65. The molecule has 1 rings (SSSR count). The van der Waals surface area contributed by atoms with Crippen LogP contribution in [0.1, 0.15) is 26.7 Å². The Balaban J connectivity index is 2.43. The smallest absolute Gasteiger partial charge is 0.251 e. The third kappa shape index (κ3) is 3.21. The molecule has 0 bridgehead atoms. The number of carbonyl (C=O) groups excluding carboxylic acids is 1. The molecular weight excluding hydrogens is 192 g/mol. The maximum Gasteiger partial charge on any atom is 0.251 e. The van der Waals surface area contributed by atoms with Gasteiger partial charge in [-0.25, -0.2) is 0 Å². The lowest BCUT2D eigenvalue weighted by molar-refractivity contribution is -0.141. The van der Waals surface area contributed by atoms with Gasteiger partial charge in [-0.3, -0.25) is 4.79 Å². The zero-order valence-electron chi connectivity index (χ0n) is 9.56. The van der Waals surface area contributed by atoms with Gasteiger partial charge in [0.05, 0.1) is 18.1 Å². The van der Waals surface area contributed by atoms with Crippen LogP contribution in [0.5, 0.6) is 0 Å². The van der Waals surface area contributed by atoms with Crippen molar-refractivity contribution in [3.05, 3.63) is 0 Å². The summed E-state index contributed by atoms with van der Waals surface area (Å²) in [6.45, 7) is 4.26. The van der Waals surface area contributed by atoms with Crippen molar-refractivity contribution in [3.63, 3.8) is 0 Å². The van der Waals surface area contributed by atoms with Gasteiger partial charge >= 0.3 is 0 Å². The van der Waals surface area contributed by atoms with E-state index in [9.17, 15) is 4.79 Å². The van der Waals surface area contributed by atoms with E-state index < -0.39 is 0 Å². The monoisotopic (exact) mass is 210 g/mol. The summed E-state index contributed by atoms with van der Waals surface area (Å²) in [4.78, 5) is 13.4. The third-order valence-corrected chi connectivity index (χ3v) is 2.65. The largest absolute Gasteiger partial charge is 0.365 e. The minimum atomic E-state index is -0.295.